The number of rotatable bonds is 4. The third-order valence-corrected chi connectivity index (χ3v) is 4.37. The first-order chi connectivity index (χ1) is 9.00. The predicted octanol–water partition coefficient (Wildman–Crippen LogP) is 1.23. The van der Waals surface area contributed by atoms with Crippen LogP contribution in [0.3, 0.4) is 0 Å². The first kappa shape index (κ1) is 13.4. The lowest BCUT2D eigenvalue weighted by Crippen LogP contribution is -2.22. The zero-order chi connectivity index (χ0) is 13.9. The summed E-state index contributed by atoms with van der Waals surface area (Å²) in [7, 11) is -0.355. The predicted molar refractivity (Wildman–Crippen MR) is 72.6 cm³/mol. The Balaban J connectivity index is 2.20. The first-order valence-corrected chi connectivity index (χ1v) is 7.00. The van der Waals surface area contributed by atoms with Crippen LogP contribution in [0.5, 0.6) is 0 Å². The van der Waals surface area contributed by atoms with Gasteiger partial charge in [-0.15, -0.1) is 0 Å². The lowest BCUT2D eigenvalue weighted by atomic mass is 10.2. The number of benzene rings is 1. The molecular weight excluding hydrogens is 264 g/mol. The molecule has 0 spiro atoms. The van der Waals surface area contributed by atoms with Crippen LogP contribution in [0.15, 0.2) is 35.4 Å². The van der Waals surface area contributed by atoms with Crippen LogP contribution in [-0.4, -0.2) is 42.2 Å². The van der Waals surface area contributed by atoms with Crippen molar-refractivity contribution in [3.05, 3.63) is 41.7 Å². The molecule has 0 saturated heterocycles. The van der Waals surface area contributed by atoms with E-state index in [0.29, 0.717) is 5.69 Å². The summed E-state index contributed by atoms with van der Waals surface area (Å²) in [6.07, 6.45) is 5.23. The van der Waals surface area contributed by atoms with Gasteiger partial charge in [-0.1, -0.05) is 18.2 Å². The summed E-state index contributed by atoms with van der Waals surface area (Å²) in [5.41, 5.74) is 1.60. The number of nitrogens with zero attached hydrogens (tertiary/aromatic N) is 3. The molecule has 2 rings (SSSR count). The van der Waals surface area contributed by atoms with E-state index in [4.69, 9.17) is 0 Å². The molecule has 0 aliphatic rings. The normalized spacial score (nSPS) is 12.4. The third kappa shape index (κ3) is 3.07. The molecule has 0 aliphatic carbocycles. The topological polar surface area (TPSA) is 79.0 Å². The molecular formula is C12H14N4O2S. The van der Waals surface area contributed by atoms with Gasteiger partial charge in [0, 0.05) is 14.1 Å². The van der Waals surface area contributed by atoms with Crippen LogP contribution in [-0.2, 0) is 10.0 Å². The Bertz CT molecular complexity index is 658. The van der Waals surface area contributed by atoms with Crippen LogP contribution >= 0.6 is 0 Å². The maximum atomic E-state index is 11.9. The minimum atomic E-state index is -3.37. The summed E-state index contributed by atoms with van der Waals surface area (Å²) in [6, 6.07) is 6.65. The van der Waals surface area contributed by atoms with Crippen molar-refractivity contribution in [2.75, 3.05) is 14.1 Å². The highest BCUT2D eigenvalue weighted by Gasteiger charge is 2.16. The molecule has 0 saturated carbocycles. The van der Waals surface area contributed by atoms with Crippen LogP contribution < -0.4 is 0 Å². The lowest BCUT2D eigenvalue weighted by molar-refractivity contribution is 0.521. The monoisotopic (exact) mass is 278 g/mol. The fourth-order valence-corrected chi connectivity index (χ4v) is 2.34. The first-order valence-electron chi connectivity index (χ1n) is 5.56. The molecule has 0 unspecified atom stereocenters. The molecule has 1 aromatic heterocycles. The smallest absolute Gasteiger partial charge is 0.207 e. The van der Waals surface area contributed by atoms with Gasteiger partial charge in [0.25, 0.3) is 0 Å². The van der Waals surface area contributed by atoms with E-state index in [0.717, 1.165) is 5.56 Å². The van der Waals surface area contributed by atoms with Gasteiger partial charge in [0.05, 0.1) is 11.1 Å². The highest BCUT2D eigenvalue weighted by atomic mass is 32.2. The number of aromatic amines is 1. The number of nitrogens with one attached hydrogen (secondary N) is 1. The summed E-state index contributed by atoms with van der Waals surface area (Å²) in [4.78, 5) is 0.274. The number of hydrogen-bond donors (Lipinski definition) is 1. The molecule has 7 heteroatoms. The summed E-state index contributed by atoms with van der Waals surface area (Å²) < 4.78 is 24.9. The van der Waals surface area contributed by atoms with Crippen LogP contribution in [0.1, 0.15) is 11.3 Å². The van der Waals surface area contributed by atoms with Gasteiger partial charge < -0.3 is 0 Å². The second-order valence-corrected chi connectivity index (χ2v) is 6.24. The zero-order valence-corrected chi connectivity index (χ0v) is 11.4. The number of hydrogen-bond acceptors (Lipinski definition) is 4. The highest BCUT2D eigenvalue weighted by Crippen LogP contribution is 2.15. The standard InChI is InChI=1S/C12H14N4O2S/c1-16(2)19(17,18)12-7-4-10(5-8-12)3-6-11-9-13-15-14-11/h3-9H,1-2H3,(H,13,14,15). The van der Waals surface area contributed by atoms with Gasteiger partial charge >= 0.3 is 0 Å². The van der Waals surface area contributed by atoms with Crippen molar-refractivity contribution < 1.29 is 8.42 Å². The second kappa shape index (κ2) is 5.33. The van der Waals surface area contributed by atoms with Gasteiger partial charge in [-0.2, -0.15) is 15.4 Å². The van der Waals surface area contributed by atoms with E-state index in [2.05, 4.69) is 15.4 Å². The Hall–Kier alpha value is -1.99. The van der Waals surface area contributed by atoms with E-state index < -0.39 is 10.0 Å². The quantitative estimate of drug-likeness (QED) is 0.912. The molecule has 19 heavy (non-hydrogen) atoms. The average Bonchev–Trinajstić information content (AvgIpc) is 2.90. The minimum Gasteiger partial charge on any atom is -0.207 e. The van der Waals surface area contributed by atoms with Crippen molar-refractivity contribution in [1.29, 1.82) is 0 Å². The molecule has 0 atom stereocenters. The van der Waals surface area contributed by atoms with Gasteiger partial charge in [0.15, 0.2) is 0 Å². The molecule has 0 bridgehead atoms. The van der Waals surface area contributed by atoms with Crippen molar-refractivity contribution in [3.8, 4) is 0 Å². The third-order valence-electron chi connectivity index (χ3n) is 2.54. The Morgan fingerprint density at radius 3 is 2.37 bits per heavy atom. The largest absolute Gasteiger partial charge is 0.242 e. The van der Waals surface area contributed by atoms with Gasteiger partial charge in [0.2, 0.25) is 10.0 Å². The molecule has 0 fully saturated rings. The van der Waals surface area contributed by atoms with E-state index >= 15 is 0 Å². The van der Waals surface area contributed by atoms with Crippen molar-refractivity contribution in [2.45, 2.75) is 4.90 Å². The fourth-order valence-electron chi connectivity index (χ4n) is 1.43. The van der Waals surface area contributed by atoms with Crippen molar-refractivity contribution >= 4 is 22.2 Å². The molecule has 1 N–H and O–H groups in total. The molecule has 2 aromatic rings. The fraction of sp³-hybridized carbons (Fsp3) is 0.167. The molecule has 1 aromatic carbocycles. The van der Waals surface area contributed by atoms with Crippen LogP contribution in [0.4, 0.5) is 0 Å². The SMILES string of the molecule is CN(C)S(=O)(=O)c1ccc(C=Cc2cn[nH]n2)cc1. The van der Waals surface area contributed by atoms with Crippen LogP contribution in [0.25, 0.3) is 12.2 Å². The highest BCUT2D eigenvalue weighted by molar-refractivity contribution is 7.89. The van der Waals surface area contributed by atoms with Crippen LogP contribution in [0, 0.1) is 0 Å². The molecule has 6 nitrogen and oxygen atoms in total. The van der Waals surface area contributed by atoms with E-state index in [1.165, 1.54) is 18.4 Å². The van der Waals surface area contributed by atoms with Crippen LogP contribution in [0.2, 0.25) is 0 Å². The summed E-state index contributed by atoms with van der Waals surface area (Å²) in [5, 5.41) is 10.1. The maximum absolute atomic E-state index is 11.9. The summed E-state index contributed by atoms with van der Waals surface area (Å²) >= 11 is 0. The van der Waals surface area contributed by atoms with Gasteiger partial charge in [0.1, 0.15) is 5.69 Å². The molecule has 1 heterocycles. The Morgan fingerprint density at radius 1 is 1.16 bits per heavy atom. The van der Waals surface area contributed by atoms with E-state index in [1.807, 2.05) is 6.08 Å². The summed E-state index contributed by atoms with van der Waals surface area (Å²) in [5.74, 6) is 0. The van der Waals surface area contributed by atoms with E-state index in [1.54, 1.807) is 36.5 Å². The van der Waals surface area contributed by atoms with Gasteiger partial charge in [-0.25, -0.2) is 12.7 Å². The van der Waals surface area contributed by atoms with Gasteiger partial charge in [-0.3, -0.25) is 0 Å². The van der Waals surface area contributed by atoms with Crippen molar-refractivity contribution in [3.63, 3.8) is 0 Å². The zero-order valence-electron chi connectivity index (χ0n) is 10.6. The second-order valence-electron chi connectivity index (χ2n) is 4.08. The van der Waals surface area contributed by atoms with E-state index in [9.17, 15) is 8.42 Å². The number of aromatic nitrogens is 3. The lowest BCUT2D eigenvalue weighted by Gasteiger charge is -2.10. The number of H-pyrrole nitrogens is 1. The Labute approximate surface area is 111 Å². The van der Waals surface area contributed by atoms with Crippen molar-refractivity contribution in [1.82, 2.24) is 19.7 Å². The maximum Gasteiger partial charge on any atom is 0.242 e. The molecule has 0 radical (unpaired) electrons. The Kier molecular flexibility index (Phi) is 3.77. The molecule has 0 aliphatic heterocycles. The summed E-state index contributed by atoms with van der Waals surface area (Å²) in [6.45, 7) is 0. The average molecular weight is 278 g/mol. The Morgan fingerprint density at radius 2 is 1.84 bits per heavy atom. The minimum absolute atomic E-state index is 0.274. The molecule has 100 valence electrons. The van der Waals surface area contributed by atoms with E-state index in [-0.39, 0.29) is 4.90 Å². The van der Waals surface area contributed by atoms with Crippen molar-refractivity contribution in [2.24, 2.45) is 0 Å². The van der Waals surface area contributed by atoms with Gasteiger partial charge in [-0.05, 0) is 23.8 Å². The number of sulfonamides is 1. The molecule has 0 amide bonds.